The third kappa shape index (κ3) is 2.77. The molecule has 0 aliphatic heterocycles. The Balaban J connectivity index is 0.000000640. The smallest absolute Gasteiger partial charge is 0.218 e. The topological polar surface area (TPSA) is 61.6 Å². The Hall–Kier alpha value is -0.150. The SMILES string of the molecule is N#CNc1nncs1.[Na]. The Morgan fingerprint density at radius 1 is 1.78 bits per heavy atom. The molecule has 0 aromatic carbocycles. The summed E-state index contributed by atoms with van der Waals surface area (Å²) in [6.07, 6.45) is 1.73. The van der Waals surface area contributed by atoms with Crippen LogP contribution in [0.25, 0.3) is 0 Å². The molecular weight excluding hydrogens is 147 g/mol. The van der Waals surface area contributed by atoms with Crippen molar-refractivity contribution in [2.24, 2.45) is 0 Å². The van der Waals surface area contributed by atoms with E-state index in [1.54, 1.807) is 11.7 Å². The normalized spacial score (nSPS) is 7.00. The van der Waals surface area contributed by atoms with Crippen molar-refractivity contribution < 1.29 is 0 Å². The first-order valence-corrected chi connectivity index (χ1v) is 2.72. The van der Waals surface area contributed by atoms with Crippen molar-refractivity contribution in [2.75, 3.05) is 5.32 Å². The van der Waals surface area contributed by atoms with E-state index in [9.17, 15) is 0 Å². The van der Waals surface area contributed by atoms with Crippen LogP contribution >= 0.6 is 11.3 Å². The first kappa shape index (κ1) is 8.85. The maximum absolute atomic E-state index is 8.02. The van der Waals surface area contributed by atoms with Crippen LogP contribution in [0.4, 0.5) is 5.13 Å². The second-order valence-electron chi connectivity index (χ2n) is 0.981. The van der Waals surface area contributed by atoms with Gasteiger partial charge in [-0.3, -0.25) is 5.32 Å². The summed E-state index contributed by atoms with van der Waals surface area (Å²) in [5.74, 6) is 0. The molecule has 0 amide bonds. The van der Waals surface area contributed by atoms with Gasteiger partial charge in [-0.1, -0.05) is 11.3 Å². The van der Waals surface area contributed by atoms with Crippen LogP contribution in [0.2, 0.25) is 0 Å². The number of rotatable bonds is 1. The standard InChI is InChI=1S/C3H2N4S.Na/c4-1-5-3-7-6-2-8-3;/h2H,(H,5,7);. The molecule has 1 aromatic heterocycles. The van der Waals surface area contributed by atoms with E-state index < -0.39 is 0 Å². The summed E-state index contributed by atoms with van der Waals surface area (Å²) in [5, 5.41) is 17.9. The zero-order valence-corrected chi connectivity index (χ0v) is 7.64. The van der Waals surface area contributed by atoms with Gasteiger partial charge in [0.05, 0.1) is 0 Å². The molecule has 0 aliphatic carbocycles. The minimum absolute atomic E-state index is 0. The van der Waals surface area contributed by atoms with E-state index in [1.165, 1.54) is 11.3 Å². The number of hydrogen-bond acceptors (Lipinski definition) is 5. The molecule has 1 aromatic rings. The summed E-state index contributed by atoms with van der Waals surface area (Å²) in [7, 11) is 0. The van der Waals surface area contributed by atoms with E-state index >= 15 is 0 Å². The van der Waals surface area contributed by atoms with Gasteiger partial charge in [0, 0.05) is 29.6 Å². The van der Waals surface area contributed by atoms with Crippen LogP contribution in [-0.4, -0.2) is 39.8 Å². The van der Waals surface area contributed by atoms with Gasteiger partial charge in [-0.2, -0.15) is 5.26 Å². The first-order chi connectivity index (χ1) is 3.93. The predicted molar refractivity (Wildman–Crippen MR) is 34.9 cm³/mol. The van der Waals surface area contributed by atoms with Crippen molar-refractivity contribution in [2.45, 2.75) is 0 Å². The number of hydrogen-bond donors (Lipinski definition) is 1. The zero-order valence-electron chi connectivity index (χ0n) is 4.83. The molecule has 0 bridgehead atoms. The molecule has 9 heavy (non-hydrogen) atoms. The molecule has 6 heteroatoms. The molecule has 0 saturated carbocycles. The predicted octanol–water partition coefficient (Wildman–Crippen LogP) is 0.0503. The van der Waals surface area contributed by atoms with Crippen molar-refractivity contribution in [3.63, 3.8) is 0 Å². The molecule has 0 atom stereocenters. The molecule has 0 aliphatic rings. The summed E-state index contributed by atoms with van der Waals surface area (Å²) in [5.41, 5.74) is 1.56. The molecule has 0 saturated heterocycles. The van der Waals surface area contributed by atoms with Crippen LogP contribution in [0.3, 0.4) is 0 Å². The summed E-state index contributed by atoms with van der Waals surface area (Å²) in [6, 6.07) is 0. The molecule has 41 valence electrons. The Kier molecular flexibility index (Phi) is 4.62. The fraction of sp³-hybridized carbons (Fsp3) is 0. The van der Waals surface area contributed by atoms with Gasteiger partial charge in [0.1, 0.15) is 5.51 Å². The second kappa shape index (κ2) is 4.70. The monoisotopic (exact) mass is 149 g/mol. The summed E-state index contributed by atoms with van der Waals surface area (Å²) >= 11 is 1.29. The Morgan fingerprint density at radius 2 is 2.56 bits per heavy atom. The van der Waals surface area contributed by atoms with E-state index in [0.717, 1.165) is 0 Å². The van der Waals surface area contributed by atoms with Gasteiger partial charge in [0.2, 0.25) is 5.13 Å². The van der Waals surface area contributed by atoms with Crippen molar-refractivity contribution in [3.05, 3.63) is 5.51 Å². The van der Waals surface area contributed by atoms with E-state index in [4.69, 9.17) is 5.26 Å². The molecule has 0 fully saturated rings. The summed E-state index contributed by atoms with van der Waals surface area (Å²) < 4.78 is 0. The van der Waals surface area contributed by atoms with Crippen molar-refractivity contribution in [3.8, 4) is 6.19 Å². The maximum atomic E-state index is 8.02. The number of nitrogens with one attached hydrogen (secondary N) is 1. The van der Waals surface area contributed by atoms with E-state index in [1.807, 2.05) is 0 Å². The minimum Gasteiger partial charge on any atom is -0.267 e. The van der Waals surface area contributed by atoms with E-state index in [-0.39, 0.29) is 29.6 Å². The quantitative estimate of drug-likeness (QED) is 0.348. The van der Waals surface area contributed by atoms with Crippen LogP contribution in [0.15, 0.2) is 5.51 Å². The van der Waals surface area contributed by atoms with Gasteiger partial charge in [0.25, 0.3) is 0 Å². The third-order valence-corrected chi connectivity index (χ3v) is 1.13. The Bertz CT molecular complexity index is 190. The third-order valence-electron chi connectivity index (χ3n) is 0.523. The largest absolute Gasteiger partial charge is 0.267 e. The van der Waals surface area contributed by atoms with Crippen LogP contribution < -0.4 is 5.32 Å². The molecule has 1 radical (unpaired) electrons. The molecule has 1 rings (SSSR count). The molecular formula is C3H2N4NaS. The summed E-state index contributed by atoms with van der Waals surface area (Å²) in [6.45, 7) is 0. The van der Waals surface area contributed by atoms with E-state index in [0.29, 0.717) is 5.13 Å². The molecule has 1 N–H and O–H groups in total. The first-order valence-electron chi connectivity index (χ1n) is 1.85. The number of aromatic nitrogens is 2. The van der Waals surface area contributed by atoms with Crippen LogP contribution in [0, 0.1) is 11.5 Å². The number of nitrogens with zero attached hydrogens (tertiary/aromatic N) is 3. The Morgan fingerprint density at radius 3 is 3.00 bits per heavy atom. The van der Waals surface area contributed by atoms with Crippen LogP contribution in [-0.2, 0) is 0 Å². The van der Waals surface area contributed by atoms with Crippen molar-refractivity contribution in [1.82, 2.24) is 10.2 Å². The van der Waals surface area contributed by atoms with Crippen LogP contribution in [0.5, 0.6) is 0 Å². The van der Waals surface area contributed by atoms with Gasteiger partial charge in [-0.15, -0.1) is 10.2 Å². The zero-order chi connectivity index (χ0) is 5.82. The van der Waals surface area contributed by atoms with E-state index in [2.05, 4.69) is 15.5 Å². The molecule has 4 nitrogen and oxygen atoms in total. The molecule has 1 heterocycles. The fourth-order valence-electron chi connectivity index (χ4n) is 0.275. The van der Waals surface area contributed by atoms with Gasteiger partial charge in [-0.25, -0.2) is 0 Å². The van der Waals surface area contributed by atoms with Crippen molar-refractivity contribution >= 4 is 46.0 Å². The number of nitriles is 1. The average molecular weight is 149 g/mol. The molecule has 0 spiro atoms. The molecule has 0 unspecified atom stereocenters. The fourth-order valence-corrected chi connectivity index (χ4v) is 0.668. The van der Waals surface area contributed by atoms with Gasteiger partial charge in [-0.05, 0) is 0 Å². The number of anilines is 1. The summed E-state index contributed by atoms with van der Waals surface area (Å²) in [4.78, 5) is 0. The average Bonchev–Trinajstić information content (AvgIpc) is 2.19. The second-order valence-corrected chi connectivity index (χ2v) is 1.81. The minimum atomic E-state index is 0. The van der Waals surface area contributed by atoms with Gasteiger partial charge in [0.15, 0.2) is 6.19 Å². The van der Waals surface area contributed by atoms with Crippen molar-refractivity contribution in [1.29, 1.82) is 5.26 Å². The maximum Gasteiger partial charge on any atom is 0.218 e. The van der Waals surface area contributed by atoms with Gasteiger partial charge < -0.3 is 0 Å². The van der Waals surface area contributed by atoms with Crippen LogP contribution in [0.1, 0.15) is 0 Å². The van der Waals surface area contributed by atoms with Gasteiger partial charge >= 0.3 is 0 Å². The Labute approximate surface area is 78.2 Å².